The van der Waals surface area contributed by atoms with Crippen molar-refractivity contribution < 1.29 is 14.3 Å². The van der Waals surface area contributed by atoms with Crippen LogP contribution in [0.1, 0.15) is 25.7 Å². The van der Waals surface area contributed by atoms with E-state index in [0.29, 0.717) is 12.6 Å². The van der Waals surface area contributed by atoms with E-state index in [2.05, 4.69) is 21.2 Å². The molecule has 1 aromatic carbocycles. The number of carbonyl (C=O) groups is 2. The fourth-order valence-electron chi connectivity index (χ4n) is 4.45. The lowest BCUT2D eigenvalue weighted by Gasteiger charge is -2.40. The standard InChI is InChI=1S/C21H30N4O3/c26-20(22-9-11-23-12-14-28-15-13-23)7-8-21(27)25-16-17-4-3-10-24(17)18-5-1-2-6-19(18)25/h1-2,5-6,17H,3-4,7-16H2,(H,22,26)/t17-/m1/s1. The fraction of sp³-hybridized carbons (Fsp3) is 0.619. The highest BCUT2D eigenvalue weighted by molar-refractivity contribution is 5.99. The maximum absolute atomic E-state index is 12.9. The first-order valence-electron chi connectivity index (χ1n) is 10.5. The second-order valence-electron chi connectivity index (χ2n) is 7.79. The lowest BCUT2D eigenvalue weighted by molar-refractivity contribution is -0.125. The molecule has 28 heavy (non-hydrogen) atoms. The van der Waals surface area contributed by atoms with Crippen molar-refractivity contribution in [2.24, 2.45) is 0 Å². The average Bonchev–Trinajstić information content (AvgIpc) is 3.21. The normalized spacial score (nSPS) is 21.9. The van der Waals surface area contributed by atoms with Crippen molar-refractivity contribution in [2.45, 2.75) is 31.7 Å². The van der Waals surface area contributed by atoms with Crippen molar-refractivity contribution in [1.82, 2.24) is 10.2 Å². The zero-order valence-electron chi connectivity index (χ0n) is 16.4. The number of nitrogens with one attached hydrogen (secondary N) is 1. The summed E-state index contributed by atoms with van der Waals surface area (Å²) in [5, 5.41) is 2.94. The average molecular weight is 386 g/mol. The molecule has 0 bridgehead atoms. The Kier molecular flexibility index (Phi) is 6.12. The molecule has 2 fully saturated rings. The second-order valence-corrected chi connectivity index (χ2v) is 7.79. The van der Waals surface area contributed by atoms with E-state index in [0.717, 1.165) is 63.7 Å². The number of carbonyl (C=O) groups excluding carboxylic acids is 2. The molecule has 3 aliphatic rings. The largest absolute Gasteiger partial charge is 0.379 e. The number of benzene rings is 1. The molecule has 1 aromatic rings. The first-order valence-corrected chi connectivity index (χ1v) is 10.5. The van der Waals surface area contributed by atoms with Gasteiger partial charge in [0.25, 0.3) is 0 Å². The smallest absolute Gasteiger partial charge is 0.227 e. The van der Waals surface area contributed by atoms with Crippen molar-refractivity contribution in [3.8, 4) is 0 Å². The molecule has 0 aliphatic carbocycles. The van der Waals surface area contributed by atoms with Crippen molar-refractivity contribution >= 4 is 23.2 Å². The van der Waals surface area contributed by atoms with Crippen LogP contribution >= 0.6 is 0 Å². The van der Waals surface area contributed by atoms with Crippen LogP contribution in [0.2, 0.25) is 0 Å². The van der Waals surface area contributed by atoms with Gasteiger partial charge in [0.15, 0.2) is 0 Å². The van der Waals surface area contributed by atoms with Crippen molar-refractivity contribution in [2.75, 3.05) is 62.3 Å². The van der Waals surface area contributed by atoms with Crippen LogP contribution in [0, 0.1) is 0 Å². The van der Waals surface area contributed by atoms with Crippen LogP contribution in [0.25, 0.3) is 0 Å². The number of nitrogens with zero attached hydrogens (tertiary/aromatic N) is 3. The maximum atomic E-state index is 12.9. The van der Waals surface area contributed by atoms with Gasteiger partial charge in [-0.2, -0.15) is 0 Å². The van der Waals surface area contributed by atoms with Crippen LogP contribution in [-0.2, 0) is 14.3 Å². The Hall–Kier alpha value is -2.12. The predicted octanol–water partition coefficient (Wildman–Crippen LogP) is 1.23. The number of amides is 2. The van der Waals surface area contributed by atoms with Gasteiger partial charge in [0.05, 0.1) is 24.6 Å². The number of para-hydroxylation sites is 2. The minimum atomic E-state index is -0.0469. The van der Waals surface area contributed by atoms with Gasteiger partial charge in [0.2, 0.25) is 11.8 Å². The Labute approximate surface area is 166 Å². The van der Waals surface area contributed by atoms with Crippen LogP contribution in [0.3, 0.4) is 0 Å². The SMILES string of the molecule is O=C(CCC(=O)N1C[C@H]2CCCN2c2ccccc21)NCCN1CCOCC1. The summed E-state index contributed by atoms with van der Waals surface area (Å²) in [6.45, 7) is 6.61. The molecule has 152 valence electrons. The highest BCUT2D eigenvalue weighted by Crippen LogP contribution is 2.39. The Balaban J connectivity index is 1.26. The van der Waals surface area contributed by atoms with Crippen LogP contribution < -0.4 is 15.1 Å². The molecule has 3 heterocycles. The van der Waals surface area contributed by atoms with Crippen LogP contribution in [0.15, 0.2) is 24.3 Å². The molecular weight excluding hydrogens is 356 g/mol. The summed E-state index contributed by atoms with van der Waals surface area (Å²) in [6, 6.07) is 8.54. The third-order valence-electron chi connectivity index (χ3n) is 5.97. The summed E-state index contributed by atoms with van der Waals surface area (Å²) in [5.74, 6) is -0.00303. The van der Waals surface area contributed by atoms with Gasteiger partial charge in [-0.1, -0.05) is 12.1 Å². The number of ether oxygens (including phenoxy) is 1. The molecule has 1 atom stereocenters. The lowest BCUT2D eigenvalue weighted by Crippen LogP contribution is -2.48. The molecule has 1 N–H and O–H groups in total. The summed E-state index contributed by atoms with van der Waals surface area (Å²) in [6.07, 6.45) is 2.80. The van der Waals surface area contributed by atoms with Crippen molar-refractivity contribution in [3.05, 3.63) is 24.3 Å². The highest BCUT2D eigenvalue weighted by Gasteiger charge is 2.35. The van der Waals surface area contributed by atoms with Crippen LogP contribution in [-0.4, -0.2) is 75.2 Å². The number of fused-ring (bicyclic) bond motifs is 3. The molecule has 0 spiro atoms. The van der Waals surface area contributed by atoms with Crippen molar-refractivity contribution in [3.63, 3.8) is 0 Å². The molecule has 0 saturated carbocycles. The Morgan fingerprint density at radius 2 is 1.86 bits per heavy atom. The monoisotopic (exact) mass is 386 g/mol. The molecule has 2 amide bonds. The van der Waals surface area contributed by atoms with Gasteiger partial charge in [-0.15, -0.1) is 0 Å². The number of hydrogen-bond acceptors (Lipinski definition) is 5. The minimum absolute atomic E-state index is 0.0438. The molecule has 2 saturated heterocycles. The molecular formula is C21H30N4O3. The summed E-state index contributed by atoms with van der Waals surface area (Å²) < 4.78 is 5.33. The third kappa shape index (κ3) is 4.31. The fourth-order valence-corrected chi connectivity index (χ4v) is 4.45. The zero-order chi connectivity index (χ0) is 19.3. The van der Waals surface area contributed by atoms with E-state index in [-0.39, 0.29) is 24.7 Å². The minimum Gasteiger partial charge on any atom is -0.379 e. The Morgan fingerprint density at radius 1 is 1.07 bits per heavy atom. The maximum Gasteiger partial charge on any atom is 0.227 e. The first kappa shape index (κ1) is 19.2. The van der Waals surface area contributed by atoms with E-state index in [1.54, 1.807) is 0 Å². The van der Waals surface area contributed by atoms with Crippen LogP contribution in [0.5, 0.6) is 0 Å². The summed E-state index contributed by atoms with van der Waals surface area (Å²) in [4.78, 5) is 31.7. The number of rotatable bonds is 6. The van der Waals surface area contributed by atoms with E-state index >= 15 is 0 Å². The quantitative estimate of drug-likeness (QED) is 0.797. The number of morpholine rings is 1. The molecule has 0 radical (unpaired) electrons. The van der Waals surface area contributed by atoms with E-state index in [1.807, 2.05) is 23.1 Å². The zero-order valence-corrected chi connectivity index (χ0v) is 16.4. The van der Waals surface area contributed by atoms with Gasteiger partial charge < -0.3 is 19.9 Å². The van der Waals surface area contributed by atoms with E-state index in [9.17, 15) is 9.59 Å². The molecule has 4 rings (SSSR count). The highest BCUT2D eigenvalue weighted by atomic mass is 16.5. The molecule has 7 nitrogen and oxygen atoms in total. The van der Waals surface area contributed by atoms with Gasteiger partial charge in [-0.3, -0.25) is 14.5 Å². The molecule has 0 aromatic heterocycles. The number of hydrogen-bond donors (Lipinski definition) is 1. The van der Waals surface area contributed by atoms with Crippen molar-refractivity contribution in [1.29, 1.82) is 0 Å². The van der Waals surface area contributed by atoms with Gasteiger partial charge >= 0.3 is 0 Å². The van der Waals surface area contributed by atoms with Gasteiger partial charge in [-0.05, 0) is 25.0 Å². The lowest BCUT2D eigenvalue weighted by atomic mass is 10.1. The predicted molar refractivity (Wildman–Crippen MR) is 109 cm³/mol. The van der Waals surface area contributed by atoms with Gasteiger partial charge in [0.1, 0.15) is 0 Å². The van der Waals surface area contributed by atoms with Crippen LogP contribution in [0.4, 0.5) is 11.4 Å². The first-order chi connectivity index (χ1) is 13.7. The number of anilines is 2. The topological polar surface area (TPSA) is 65.1 Å². The Morgan fingerprint density at radius 3 is 2.68 bits per heavy atom. The molecule has 3 aliphatic heterocycles. The van der Waals surface area contributed by atoms with Gasteiger partial charge in [-0.25, -0.2) is 0 Å². The third-order valence-corrected chi connectivity index (χ3v) is 5.97. The summed E-state index contributed by atoms with van der Waals surface area (Å²) in [7, 11) is 0. The molecule has 0 unspecified atom stereocenters. The summed E-state index contributed by atoms with van der Waals surface area (Å²) >= 11 is 0. The van der Waals surface area contributed by atoms with E-state index < -0.39 is 0 Å². The van der Waals surface area contributed by atoms with E-state index in [1.165, 1.54) is 6.42 Å². The summed E-state index contributed by atoms with van der Waals surface area (Å²) in [5.41, 5.74) is 2.14. The Bertz CT molecular complexity index is 705. The molecule has 7 heteroatoms. The van der Waals surface area contributed by atoms with Gasteiger partial charge in [0, 0.05) is 58.2 Å². The second kappa shape index (κ2) is 8.92. The van der Waals surface area contributed by atoms with E-state index in [4.69, 9.17) is 4.74 Å².